The summed E-state index contributed by atoms with van der Waals surface area (Å²) in [6, 6.07) is 26.6. The summed E-state index contributed by atoms with van der Waals surface area (Å²) in [4.78, 5) is 38.1. The van der Waals surface area contributed by atoms with Gasteiger partial charge in [0, 0.05) is 17.9 Å². The third-order valence-electron chi connectivity index (χ3n) is 5.30. The van der Waals surface area contributed by atoms with E-state index in [1.165, 1.54) is 18.9 Å². The molecule has 0 unspecified atom stereocenters. The quantitative estimate of drug-likeness (QED) is 0.359. The molecule has 36 heavy (non-hydrogen) atoms. The molecule has 3 rings (SSSR count). The predicted octanol–water partition coefficient (Wildman–Crippen LogP) is 4.12. The first-order valence-corrected chi connectivity index (χ1v) is 12.7. The van der Waals surface area contributed by atoms with Crippen LogP contribution in [-0.4, -0.2) is 42.9 Å². The van der Waals surface area contributed by atoms with E-state index in [0.29, 0.717) is 11.5 Å². The Hall–Kier alpha value is -3.78. The zero-order valence-electron chi connectivity index (χ0n) is 20.1. The zero-order valence-corrected chi connectivity index (χ0v) is 20.9. The van der Waals surface area contributed by atoms with Crippen LogP contribution < -0.4 is 10.6 Å². The minimum atomic E-state index is -0.912. The van der Waals surface area contributed by atoms with E-state index in [1.807, 2.05) is 91.0 Å². The summed E-state index contributed by atoms with van der Waals surface area (Å²) >= 11 is 1.50. The van der Waals surface area contributed by atoms with Gasteiger partial charge in [-0.05, 0) is 16.7 Å². The van der Waals surface area contributed by atoms with Gasteiger partial charge in [-0.25, -0.2) is 9.59 Å². The van der Waals surface area contributed by atoms with Crippen LogP contribution in [0.2, 0.25) is 0 Å². The van der Waals surface area contributed by atoms with Gasteiger partial charge in [0.15, 0.2) is 0 Å². The fraction of sp³-hybridized carbons (Fsp3) is 0.250. The lowest BCUT2D eigenvalue weighted by Crippen LogP contribution is -2.53. The van der Waals surface area contributed by atoms with Crippen LogP contribution in [0.5, 0.6) is 0 Å². The molecule has 0 aliphatic rings. The lowest BCUT2D eigenvalue weighted by Gasteiger charge is -2.22. The Morgan fingerprint density at radius 2 is 1.31 bits per heavy atom. The maximum Gasteiger partial charge on any atom is 0.408 e. The van der Waals surface area contributed by atoms with Crippen molar-refractivity contribution in [3.05, 3.63) is 108 Å². The second kappa shape index (κ2) is 14.6. The Kier molecular flexibility index (Phi) is 10.9. The van der Waals surface area contributed by atoms with Gasteiger partial charge in [-0.1, -0.05) is 91.0 Å². The van der Waals surface area contributed by atoms with Gasteiger partial charge >= 0.3 is 12.1 Å². The third-order valence-corrected chi connectivity index (χ3v) is 6.41. The van der Waals surface area contributed by atoms with E-state index in [9.17, 15) is 14.4 Å². The van der Waals surface area contributed by atoms with Crippen molar-refractivity contribution >= 4 is 29.7 Å². The fourth-order valence-corrected chi connectivity index (χ4v) is 4.43. The largest absolute Gasteiger partial charge is 0.467 e. The Morgan fingerprint density at radius 1 is 0.750 bits per heavy atom. The van der Waals surface area contributed by atoms with Gasteiger partial charge in [0.1, 0.15) is 18.7 Å². The molecule has 7 nitrogen and oxygen atoms in total. The first-order valence-electron chi connectivity index (χ1n) is 11.6. The van der Waals surface area contributed by atoms with Crippen molar-refractivity contribution in [3.8, 4) is 0 Å². The summed E-state index contributed by atoms with van der Waals surface area (Å²) in [5.41, 5.74) is 2.81. The normalized spacial score (nSPS) is 12.1. The van der Waals surface area contributed by atoms with E-state index in [4.69, 9.17) is 9.47 Å². The highest BCUT2D eigenvalue weighted by Crippen LogP contribution is 2.14. The SMILES string of the molecule is COC(=O)[C@H](Cc1ccccc1)NC(=O)[C@@H](CSCc1ccccc1)NC(=O)OCc1ccccc1. The van der Waals surface area contributed by atoms with E-state index in [1.54, 1.807) is 0 Å². The molecule has 0 aliphatic carbocycles. The van der Waals surface area contributed by atoms with Gasteiger partial charge < -0.3 is 20.1 Å². The predicted molar refractivity (Wildman–Crippen MR) is 140 cm³/mol. The molecule has 2 amide bonds. The number of hydrogen-bond acceptors (Lipinski definition) is 6. The summed E-state index contributed by atoms with van der Waals surface area (Å²) < 4.78 is 10.2. The first kappa shape index (κ1) is 26.8. The van der Waals surface area contributed by atoms with Crippen molar-refractivity contribution in [2.45, 2.75) is 30.9 Å². The summed E-state index contributed by atoms with van der Waals surface area (Å²) in [6.07, 6.45) is -0.446. The van der Waals surface area contributed by atoms with Crippen LogP contribution in [0.25, 0.3) is 0 Å². The number of amides is 2. The Labute approximate surface area is 215 Å². The number of rotatable bonds is 12. The van der Waals surface area contributed by atoms with Crippen LogP contribution >= 0.6 is 11.8 Å². The highest BCUT2D eigenvalue weighted by Gasteiger charge is 2.28. The highest BCUT2D eigenvalue weighted by molar-refractivity contribution is 7.98. The summed E-state index contributed by atoms with van der Waals surface area (Å²) in [5, 5.41) is 5.40. The molecule has 0 spiro atoms. The monoisotopic (exact) mass is 506 g/mol. The summed E-state index contributed by atoms with van der Waals surface area (Å²) in [7, 11) is 1.28. The maximum atomic E-state index is 13.2. The number of methoxy groups -OCH3 is 1. The van der Waals surface area contributed by atoms with Crippen LogP contribution in [0.4, 0.5) is 4.79 Å². The van der Waals surface area contributed by atoms with Crippen molar-refractivity contribution < 1.29 is 23.9 Å². The Morgan fingerprint density at radius 3 is 1.89 bits per heavy atom. The van der Waals surface area contributed by atoms with Crippen molar-refractivity contribution in [2.24, 2.45) is 0 Å². The summed E-state index contributed by atoms with van der Waals surface area (Å²) in [6.45, 7) is 0.0803. The average molecular weight is 507 g/mol. The number of carbonyl (C=O) groups is 3. The number of esters is 1. The summed E-state index contributed by atoms with van der Waals surface area (Å²) in [5.74, 6) is -0.0935. The van der Waals surface area contributed by atoms with Crippen LogP contribution in [-0.2, 0) is 37.8 Å². The van der Waals surface area contributed by atoms with Crippen LogP contribution in [0.1, 0.15) is 16.7 Å². The molecule has 0 fully saturated rings. The van der Waals surface area contributed by atoms with Crippen molar-refractivity contribution in [1.82, 2.24) is 10.6 Å². The molecule has 8 heteroatoms. The highest BCUT2D eigenvalue weighted by atomic mass is 32.2. The van der Waals surface area contributed by atoms with E-state index >= 15 is 0 Å². The topological polar surface area (TPSA) is 93.7 Å². The van der Waals surface area contributed by atoms with E-state index < -0.39 is 30.1 Å². The van der Waals surface area contributed by atoms with Crippen molar-refractivity contribution in [2.75, 3.05) is 12.9 Å². The molecule has 0 saturated carbocycles. The van der Waals surface area contributed by atoms with Crippen molar-refractivity contribution in [3.63, 3.8) is 0 Å². The minimum absolute atomic E-state index is 0.0803. The molecule has 3 aromatic rings. The molecule has 0 saturated heterocycles. The minimum Gasteiger partial charge on any atom is -0.467 e. The number of alkyl carbamates (subject to hydrolysis) is 1. The molecule has 2 atom stereocenters. The van der Waals surface area contributed by atoms with E-state index in [-0.39, 0.29) is 13.0 Å². The van der Waals surface area contributed by atoms with Crippen LogP contribution in [0.3, 0.4) is 0 Å². The van der Waals surface area contributed by atoms with E-state index in [0.717, 1.165) is 16.7 Å². The lowest BCUT2D eigenvalue weighted by atomic mass is 10.1. The lowest BCUT2D eigenvalue weighted by molar-refractivity contribution is -0.145. The van der Waals surface area contributed by atoms with Gasteiger partial charge in [-0.2, -0.15) is 11.8 Å². The van der Waals surface area contributed by atoms with Gasteiger partial charge in [0.05, 0.1) is 7.11 Å². The smallest absolute Gasteiger partial charge is 0.408 e. The average Bonchev–Trinajstić information content (AvgIpc) is 2.92. The molecule has 0 aromatic heterocycles. The standard InChI is InChI=1S/C28H30N2O5S/c1-34-27(32)24(17-21-11-5-2-6-12-21)29-26(31)25(20-36-19-23-15-9-4-10-16-23)30-28(33)35-18-22-13-7-3-8-14-22/h2-16,24-25H,17-20H2,1H3,(H,29,31)(H,30,33)/t24-,25+/m0/s1. The van der Waals surface area contributed by atoms with Gasteiger partial charge in [-0.3, -0.25) is 4.79 Å². The molecule has 0 aliphatic heterocycles. The van der Waals surface area contributed by atoms with Gasteiger partial charge in [0.25, 0.3) is 0 Å². The van der Waals surface area contributed by atoms with Gasteiger partial charge in [0.2, 0.25) is 5.91 Å². The number of benzene rings is 3. The van der Waals surface area contributed by atoms with Crippen molar-refractivity contribution in [1.29, 1.82) is 0 Å². The molecule has 2 N–H and O–H groups in total. The fourth-order valence-electron chi connectivity index (χ4n) is 3.42. The zero-order chi connectivity index (χ0) is 25.6. The third kappa shape index (κ3) is 9.11. The maximum absolute atomic E-state index is 13.2. The Bertz CT molecular complexity index is 1100. The second-order valence-electron chi connectivity index (χ2n) is 8.03. The van der Waals surface area contributed by atoms with E-state index in [2.05, 4.69) is 10.6 Å². The number of hydrogen-bond donors (Lipinski definition) is 2. The Balaban J connectivity index is 1.65. The second-order valence-corrected chi connectivity index (χ2v) is 9.06. The number of nitrogens with one attached hydrogen (secondary N) is 2. The molecular formula is C28H30N2O5S. The van der Waals surface area contributed by atoms with Crippen LogP contribution in [0.15, 0.2) is 91.0 Å². The van der Waals surface area contributed by atoms with Gasteiger partial charge in [-0.15, -0.1) is 0 Å². The number of thioether (sulfide) groups is 1. The molecule has 0 heterocycles. The molecule has 3 aromatic carbocycles. The number of carbonyl (C=O) groups excluding carboxylic acids is 3. The molecule has 188 valence electrons. The molecule has 0 radical (unpaired) electrons. The van der Waals surface area contributed by atoms with Crippen LogP contribution in [0, 0.1) is 0 Å². The number of ether oxygens (including phenoxy) is 2. The first-order chi connectivity index (χ1) is 17.5. The molecular weight excluding hydrogens is 476 g/mol. The molecule has 0 bridgehead atoms.